The lowest BCUT2D eigenvalue weighted by Gasteiger charge is -2.41. The average molecular weight is 518 g/mol. The van der Waals surface area contributed by atoms with Gasteiger partial charge < -0.3 is 30.3 Å². The molecule has 2 fully saturated rings. The number of anilines is 2. The van der Waals surface area contributed by atoms with Gasteiger partial charge in [-0.2, -0.15) is 5.26 Å². The minimum Gasteiger partial charge on any atom is -0.495 e. The Morgan fingerprint density at radius 3 is 2.74 bits per heavy atom. The van der Waals surface area contributed by atoms with E-state index in [4.69, 9.17) is 9.47 Å². The summed E-state index contributed by atoms with van der Waals surface area (Å²) >= 11 is 0. The molecule has 3 N–H and O–H groups in total. The quantitative estimate of drug-likeness (QED) is 0.527. The highest BCUT2D eigenvalue weighted by atomic mass is 16.5. The van der Waals surface area contributed by atoms with Gasteiger partial charge in [-0.3, -0.25) is 4.79 Å². The highest BCUT2D eigenvalue weighted by Gasteiger charge is 2.48. The second kappa shape index (κ2) is 11.3. The minimum absolute atomic E-state index is 0.000190. The van der Waals surface area contributed by atoms with E-state index in [1.165, 1.54) is 7.11 Å². The Morgan fingerprint density at radius 1 is 1.13 bits per heavy atom. The zero-order valence-electron chi connectivity index (χ0n) is 21.9. The van der Waals surface area contributed by atoms with Gasteiger partial charge in [0.05, 0.1) is 37.3 Å². The van der Waals surface area contributed by atoms with Crippen LogP contribution >= 0.6 is 0 Å². The van der Waals surface area contributed by atoms with Gasteiger partial charge in [0.2, 0.25) is 5.91 Å². The first-order valence-electron chi connectivity index (χ1n) is 13.3. The lowest BCUT2D eigenvalue weighted by Crippen LogP contribution is -2.51. The summed E-state index contributed by atoms with van der Waals surface area (Å²) in [6.45, 7) is 1.28. The summed E-state index contributed by atoms with van der Waals surface area (Å²) in [5, 5.41) is 18.9. The molecule has 0 bridgehead atoms. The van der Waals surface area contributed by atoms with Crippen LogP contribution in [0.5, 0.6) is 5.75 Å². The van der Waals surface area contributed by atoms with Crippen LogP contribution in [-0.4, -0.2) is 56.3 Å². The van der Waals surface area contributed by atoms with Gasteiger partial charge in [-0.15, -0.1) is 0 Å². The minimum atomic E-state index is -0.379. The number of likely N-dealkylation sites (tertiary alicyclic amines) is 1. The highest BCUT2D eigenvalue weighted by molar-refractivity contribution is 5.90. The van der Waals surface area contributed by atoms with E-state index in [1.807, 2.05) is 12.1 Å². The van der Waals surface area contributed by atoms with Gasteiger partial charge in [0, 0.05) is 37.0 Å². The Hall–Kier alpha value is -3.77. The summed E-state index contributed by atoms with van der Waals surface area (Å²) in [6.07, 6.45) is 4.34. The number of carbonyl (C=O) groups is 2. The van der Waals surface area contributed by atoms with Gasteiger partial charge >= 0.3 is 6.03 Å². The number of hydrogen-bond donors (Lipinski definition) is 3. The van der Waals surface area contributed by atoms with Crippen LogP contribution in [0.1, 0.15) is 49.3 Å². The molecular weight excluding hydrogens is 482 g/mol. The van der Waals surface area contributed by atoms with Crippen molar-refractivity contribution in [3.05, 3.63) is 53.6 Å². The molecule has 1 saturated heterocycles. The highest BCUT2D eigenvalue weighted by Crippen LogP contribution is 2.47. The van der Waals surface area contributed by atoms with Crippen LogP contribution in [0.15, 0.2) is 42.5 Å². The number of nitrogens with zero attached hydrogens (tertiary/aromatic N) is 2. The molecule has 0 unspecified atom stereocenters. The van der Waals surface area contributed by atoms with Gasteiger partial charge in [0.1, 0.15) is 11.8 Å². The number of methoxy groups -OCH3 is 2. The van der Waals surface area contributed by atoms with Crippen LogP contribution < -0.4 is 20.7 Å². The number of nitrogens with one attached hydrogen (secondary N) is 3. The Balaban J connectivity index is 1.31. The predicted molar refractivity (Wildman–Crippen MR) is 144 cm³/mol. The molecule has 9 nitrogen and oxygen atoms in total. The first kappa shape index (κ1) is 25.9. The number of hydrogen-bond acceptors (Lipinski definition) is 6. The number of fused-ring (bicyclic) bond motifs is 3. The molecule has 0 spiro atoms. The Bertz CT molecular complexity index is 1230. The fraction of sp³-hybridized carbons (Fsp3) is 0.483. The lowest BCUT2D eigenvalue weighted by molar-refractivity contribution is -0.138. The van der Waals surface area contributed by atoms with Crippen LogP contribution in [0.3, 0.4) is 0 Å². The van der Waals surface area contributed by atoms with E-state index in [0.717, 1.165) is 43.4 Å². The maximum absolute atomic E-state index is 14.1. The predicted octanol–water partition coefficient (Wildman–Crippen LogP) is 4.28. The van der Waals surface area contributed by atoms with Crippen molar-refractivity contribution < 1.29 is 19.1 Å². The van der Waals surface area contributed by atoms with Crippen molar-refractivity contribution in [1.82, 2.24) is 10.2 Å². The fourth-order valence-corrected chi connectivity index (χ4v) is 6.44. The lowest BCUT2D eigenvalue weighted by atomic mass is 9.81. The molecule has 2 heterocycles. The molecule has 2 aromatic rings. The first-order chi connectivity index (χ1) is 18.5. The first-order valence-corrected chi connectivity index (χ1v) is 13.3. The number of para-hydroxylation sites is 1. The standard InChI is InChI=1S/C29H35N5O4/c1-37-17-25-21-13-14-34(27(21)20-7-3-5-9-23(20)32-25)28(35)22-8-4-6-10-24(22)33-29(36)31-19-11-12-26(38-2)18(15-19)16-30/h3,5,7,9,11-12,15,21-22,24-25,27,32H,4,6,8,10,13-14,17H2,1-2H3,(H2,31,33,36)/t21-,22+,24-,25+,27+/m1/s1. The monoisotopic (exact) mass is 517 g/mol. The average Bonchev–Trinajstić information content (AvgIpc) is 3.39. The molecule has 3 aliphatic rings. The van der Waals surface area contributed by atoms with Crippen LogP contribution in [0.4, 0.5) is 16.2 Å². The largest absolute Gasteiger partial charge is 0.495 e. The topological polar surface area (TPSA) is 116 Å². The SMILES string of the molecule is COC[C@@H]1Nc2ccccc2[C@H]2[C@@H]1CCN2C(=O)[C@H]1CCCC[C@H]1NC(=O)Nc1ccc(OC)c(C#N)c1. The van der Waals surface area contributed by atoms with Crippen LogP contribution in [0, 0.1) is 23.2 Å². The fourth-order valence-electron chi connectivity index (χ4n) is 6.44. The van der Waals surface area contributed by atoms with Crippen LogP contribution in [0.2, 0.25) is 0 Å². The van der Waals surface area contributed by atoms with Crippen molar-refractivity contribution in [1.29, 1.82) is 5.26 Å². The molecule has 3 amide bonds. The molecule has 5 atom stereocenters. The summed E-state index contributed by atoms with van der Waals surface area (Å²) in [5.74, 6) is 0.567. The van der Waals surface area contributed by atoms with E-state index in [2.05, 4.69) is 39.1 Å². The second-order valence-electron chi connectivity index (χ2n) is 10.3. The second-order valence-corrected chi connectivity index (χ2v) is 10.3. The molecule has 1 aliphatic carbocycles. The molecule has 1 saturated carbocycles. The van der Waals surface area contributed by atoms with Crippen molar-refractivity contribution in [2.24, 2.45) is 11.8 Å². The van der Waals surface area contributed by atoms with Gasteiger partial charge in [0.15, 0.2) is 0 Å². The number of amides is 3. The normalized spacial score (nSPS) is 25.8. The number of nitriles is 1. The van der Waals surface area contributed by atoms with Gasteiger partial charge in [-0.1, -0.05) is 31.0 Å². The van der Waals surface area contributed by atoms with Crippen LogP contribution in [-0.2, 0) is 9.53 Å². The van der Waals surface area contributed by atoms with E-state index < -0.39 is 0 Å². The van der Waals surface area contributed by atoms with Gasteiger partial charge in [-0.25, -0.2) is 4.79 Å². The molecule has 2 aliphatic heterocycles. The number of ether oxygens (including phenoxy) is 2. The molecule has 0 radical (unpaired) electrons. The maximum atomic E-state index is 14.1. The van der Waals surface area contributed by atoms with Crippen molar-refractivity contribution in [2.45, 2.75) is 50.2 Å². The molecule has 9 heteroatoms. The third-order valence-corrected chi connectivity index (χ3v) is 8.19. The summed E-state index contributed by atoms with van der Waals surface area (Å²) in [6, 6.07) is 14.7. The van der Waals surface area contributed by atoms with E-state index in [9.17, 15) is 14.9 Å². The Kier molecular flexibility index (Phi) is 7.70. The van der Waals surface area contributed by atoms with E-state index in [0.29, 0.717) is 30.2 Å². The third-order valence-electron chi connectivity index (χ3n) is 8.19. The van der Waals surface area contributed by atoms with Crippen molar-refractivity contribution in [3.8, 4) is 11.8 Å². The molecule has 200 valence electrons. The summed E-state index contributed by atoms with van der Waals surface area (Å²) in [5.41, 5.74) is 3.05. The van der Waals surface area contributed by atoms with Crippen molar-refractivity contribution in [2.75, 3.05) is 38.0 Å². The number of benzene rings is 2. The summed E-state index contributed by atoms with van der Waals surface area (Å²) < 4.78 is 10.7. The summed E-state index contributed by atoms with van der Waals surface area (Å²) in [4.78, 5) is 29.1. The third kappa shape index (κ3) is 5.01. The molecule has 2 aromatic carbocycles. The smallest absolute Gasteiger partial charge is 0.319 e. The zero-order chi connectivity index (χ0) is 26.6. The molecule has 38 heavy (non-hydrogen) atoms. The Labute approximate surface area is 223 Å². The number of rotatable bonds is 6. The van der Waals surface area contributed by atoms with E-state index >= 15 is 0 Å². The van der Waals surface area contributed by atoms with E-state index in [1.54, 1.807) is 25.3 Å². The van der Waals surface area contributed by atoms with E-state index in [-0.39, 0.29) is 41.9 Å². The molecule has 0 aromatic heterocycles. The summed E-state index contributed by atoms with van der Waals surface area (Å²) in [7, 11) is 3.21. The molecular formula is C29H35N5O4. The van der Waals surface area contributed by atoms with Gasteiger partial charge in [0.25, 0.3) is 0 Å². The maximum Gasteiger partial charge on any atom is 0.319 e. The zero-order valence-corrected chi connectivity index (χ0v) is 21.9. The van der Waals surface area contributed by atoms with Crippen molar-refractivity contribution in [3.63, 3.8) is 0 Å². The van der Waals surface area contributed by atoms with Crippen molar-refractivity contribution >= 4 is 23.3 Å². The number of urea groups is 1. The molecule has 5 rings (SSSR count). The van der Waals surface area contributed by atoms with Crippen LogP contribution in [0.25, 0.3) is 0 Å². The van der Waals surface area contributed by atoms with Gasteiger partial charge in [-0.05, 0) is 49.1 Å². The Morgan fingerprint density at radius 2 is 1.95 bits per heavy atom. The number of carbonyl (C=O) groups excluding carboxylic acids is 2.